The average molecular weight is 472 g/mol. The van der Waals surface area contributed by atoms with Crippen LogP contribution in [0.5, 0.6) is 0 Å². The fraction of sp³-hybridized carbons (Fsp3) is 0.269. The largest absolute Gasteiger partial charge is 0.390 e. The minimum Gasteiger partial charge on any atom is -0.390 e. The van der Waals surface area contributed by atoms with Crippen LogP contribution in [0.4, 0.5) is 10.2 Å². The number of pyridine rings is 1. The molecule has 2 N–H and O–H groups in total. The van der Waals surface area contributed by atoms with Gasteiger partial charge in [-0.1, -0.05) is 30.3 Å². The van der Waals surface area contributed by atoms with Gasteiger partial charge < -0.3 is 15.3 Å². The number of hydrogen-bond donors (Lipinski definition) is 2. The Morgan fingerprint density at radius 3 is 2.79 bits per heavy atom. The van der Waals surface area contributed by atoms with E-state index in [1.165, 1.54) is 17.4 Å². The van der Waals surface area contributed by atoms with E-state index in [1.807, 2.05) is 18.2 Å². The van der Waals surface area contributed by atoms with Crippen molar-refractivity contribution >= 4 is 28.1 Å². The number of aliphatic hydroxyl groups excluding tert-OH is 1. The van der Waals surface area contributed by atoms with Gasteiger partial charge in [-0.2, -0.15) is 5.26 Å². The third kappa shape index (κ3) is 3.28. The summed E-state index contributed by atoms with van der Waals surface area (Å²) in [6.07, 6.45) is 1.04. The summed E-state index contributed by atoms with van der Waals surface area (Å²) in [7, 11) is 0. The lowest BCUT2D eigenvalue weighted by atomic mass is 9.81. The van der Waals surface area contributed by atoms with Crippen LogP contribution in [0.25, 0.3) is 32.5 Å². The van der Waals surface area contributed by atoms with Crippen molar-refractivity contribution in [2.24, 2.45) is 5.41 Å². The number of anilines is 1. The van der Waals surface area contributed by atoms with Crippen molar-refractivity contribution in [1.82, 2.24) is 15.3 Å². The minimum absolute atomic E-state index is 0.146. The Labute approximate surface area is 200 Å². The van der Waals surface area contributed by atoms with Crippen LogP contribution in [0.15, 0.2) is 48.0 Å². The van der Waals surface area contributed by atoms with Gasteiger partial charge in [0.05, 0.1) is 28.2 Å². The molecule has 0 atom stereocenters. The van der Waals surface area contributed by atoms with Crippen LogP contribution in [0.1, 0.15) is 17.7 Å². The number of thiazole rings is 1. The summed E-state index contributed by atoms with van der Waals surface area (Å²) in [5.41, 5.74) is 5.51. The predicted octanol–water partition coefficient (Wildman–Crippen LogP) is 4.33. The van der Waals surface area contributed by atoms with Gasteiger partial charge in [0.15, 0.2) is 0 Å². The number of nitriles is 1. The molecule has 2 aliphatic heterocycles. The zero-order valence-electron chi connectivity index (χ0n) is 18.4. The van der Waals surface area contributed by atoms with Gasteiger partial charge in [0.25, 0.3) is 0 Å². The lowest BCUT2D eigenvalue weighted by Gasteiger charge is -2.39. The summed E-state index contributed by atoms with van der Waals surface area (Å²) in [6, 6.07) is 14.7. The first-order valence-electron chi connectivity index (χ1n) is 11.2. The molecule has 0 unspecified atom stereocenters. The van der Waals surface area contributed by atoms with E-state index in [9.17, 15) is 10.4 Å². The standard InChI is InChI=1S/C26H22FN5OS/c27-20-4-2-1-3-17(20)23-18-6-5-16(24-22(11-33)30-15-34-24)9-21(18)31-25(19(23)10-28)32-8-7-26(14-32)12-29-13-26/h1-6,9,15,29,33H,7-8,11-14H2. The first-order chi connectivity index (χ1) is 16.6. The molecule has 2 aliphatic rings. The van der Waals surface area contributed by atoms with Crippen LogP contribution in [-0.2, 0) is 6.61 Å². The molecule has 8 heteroatoms. The number of rotatable bonds is 4. The van der Waals surface area contributed by atoms with Crippen molar-refractivity contribution in [2.45, 2.75) is 13.0 Å². The first kappa shape index (κ1) is 21.2. The number of nitrogens with one attached hydrogen (secondary N) is 1. The maximum Gasteiger partial charge on any atom is 0.147 e. The molecule has 6 nitrogen and oxygen atoms in total. The van der Waals surface area contributed by atoms with Crippen LogP contribution in [-0.4, -0.2) is 41.3 Å². The van der Waals surface area contributed by atoms with E-state index in [2.05, 4.69) is 21.3 Å². The molecule has 170 valence electrons. The fourth-order valence-corrected chi connectivity index (χ4v) is 5.97. The molecule has 0 radical (unpaired) electrons. The Balaban J connectivity index is 1.60. The molecule has 2 saturated heterocycles. The SMILES string of the molecule is N#Cc1c(N2CCC3(CNC3)C2)nc2cc(-c3scnc3CO)ccc2c1-c1ccccc1F. The molecule has 1 spiro atoms. The second kappa shape index (κ2) is 8.13. The zero-order valence-corrected chi connectivity index (χ0v) is 19.2. The number of aliphatic hydroxyl groups is 1. The van der Waals surface area contributed by atoms with Gasteiger partial charge >= 0.3 is 0 Å². The quantitative estimate of drug-likeness (QED) is 0.461. The highest BCUT2D eigenvalue weighted by molar-refractivity contribution is 7.13. The smallest absolute Gasteiger partial charge is 0.147 e. The van der Waals surface area contributed by atoms with E-state index in [4.69, 9.17) is 4.98 Å². The highest BCUT2D eigenvalue weighted by Gasteiger charge is 2.44. The number of hydrogen-bond acceptors (Lipinski definition) is 7. The molecule has 0 amide bonds. The number of benzene rings is 2. The van der Waals surface area contributed by atoms with Crippen LogP contribution < -0.4 is 10.2 Å². The molecular weight excluding hydrogens is 449 g/mol. The Hall–Kier alpha value is -3.38. The second-order valence-corrected chi connectivity index (χ2v) is 9.93. The van der Waals surface area contributed by atoms with Gasteiger partial charge in [0, 0.05) is 48.1 Å². The predicted molar refractivity (Wildman–Crippen MR) is 131 cm³/mol. The third-order valence-electron chi connectivity index (χ3n) is 7.01. The van der Waals surface area contributed by atoms with Crippen LogP contribution in [0.3, 0.4) is 0 Å². The average Bonchev–Trinajstić information content (AvgIpc) is 3.50. The first-order valence-corrected chi connectivity index (χ1v) is 12.1. The molecule has 4 heterocycles. The van der Waals surface area contributed by atoms with E-state index in [0.29, 0.717) is 33.7 Å². The van der Waals surface area contributed by atoms with Crippen LogP contribution >= 0.6 is 11.3 Å². The molecule has 0 bridgehead atoms. The lowest BCUT2D eigenvalue weighted by Crippen LogP contribution is -2.54. The maximum absolute atomic E-state index is 15.0. The molecule has 2 aromatic carbocycles. The Kier molecular flexibility index (Phi) is 5.06. The van der Waals surface area contributed by atoms with Gasteiger partial charge in [-0.3, -0.25) is 0 Å². The van der Waals surface area contributed by atoms with Gasteiger partial charge in [-0.25, -0.2) is 14.4 Å². The highest BCUT2D eigenvalue weighted by atomic mass is 32.1. The Morgan fingerprint density at radius 1 is 1.24 bits per heavy atom. The molecule has 2 aromatic heterocycles. The summed E-state index contributed by atoms with van der Waals surface area (Å²) in [5, 5.41) is 24.0. The molecule has 0 aliphatic carbocycles. The number of fused-ring (bicyclic) bond motifs is 1. The number of nitrogens with zero attached hydrogens (tertiary/aromatic N) is 4. The molecule has 34 heavy (non-hydrogen) atoms. The highest BCUT2D eigenvalue weighted by Crippen LogP contribution is 2.42. The molecule has 2 fully saturated rings. The topological polar surface area (TPSA) is 85.1 Å². The molecular formula is C26H22FN5OS. The molecule has 6 rings (SSSR count). The fourth-order valence-electron chi connectivity index (χ4n) is 5.17. The van der Waals surface area contributed by atoms with E-state index in [0.717, 1.165) is 48.4 Å². The second-order valence-electron chi connectivity index (χ2n) is 9.07. The third-order valence-corrected chi connectivity index (χ3v) is 7.93. The van der Waals surface area contributed by atoms with Crippen molar-refractivity contribution in [2.75, 3.05) is 31.1 Å². The normalized spacial score (nSPS) is 16.7. The number of halogens is 1. The monoisotopic (exact) mass is 471 g/mol. The van der Waals surface area contributed by atoms with Gasteiger partial charge in [-0.15, -0.1) is 11.3 Å². The van der Waals surface area contributed by atoms with Crippen molar-refractivity contribution in [3.8, 4) is 27.6 Å². The van der Waals surface area contributed by atoms with E-state index in [-0.39, 0.29) is 17.8 Å². The van der Waals surface area contributed by atoms with Gasteiger partial charge in [0.1, 0.15) is 23.3 Å². The Bertz CT molecular complexity index is 1460. The van der Waals surface area contributed by atoms with Crippen molar-refractivity contribution < 1.29 is 9.50 Å². The molecule has 4 aromatic rings. The summed E-state index contributed by atoms with van der Waals surface area (Å²) >= 11 is 1.46. The van der Waals surface area contributed by atoms with E-state index >= 15 is 4.39 Å². The summed E-state index contributed by atoms with van der Waals surface area (Å²) in [4.78, 5) is 12.3. The van der Waals surface area contributed by atoms with E-state index in [1.54, 1.807) is 23.7 Å². The summed E-state index contributed by atoms with van der Waals surface area (Å²) in [5.74, 6) is 0.244. The number of aromatic nitrogens is 2. The van der Waals surface area contributed by atoms with Crippen molar-refractivity contribution in [3.63, 3.8) is 0 Å². The zero-order chi connectivity index (χ0) is 23.3. The van der Waals surface area contributed by atoms with Crippen LogP contribution in [0, 0.1) is 22.6 Å². The Morgan fingerprint density at radius 2 is 2.09 bits per heavy atom. The maximum atomic E-state index is 15.0. The summed E-state index contributed by atoms with van der Waals surface area (Å²) in [6.45, 7) is 3.44. The minimum atomic E-state index is -0.368. The van der Waals surface area contributed by atoms with Gasteiger partial charge in [-0.05, 0) is 24.1 Å². The van der Waals surface area contributed by atoms with Crippen LogP contribution in [0.2, 0.25) is 0 Å². The summed E-state index contributed by atoms with van der Waals surface area (Å²) < 4.78 is 15.0. The van der Waals surface area contributed by atoms with Gasteiger partial charge in [0.2, 0.25) is 0 Å². The van der Waals surface area contributed by atoms with Crippen molar-refractivity contribution in [1.29, 1.82) is 5.26 Å². The molecule has 0 saturated carbocycles. The van der Waals surface area contributed by atoms with E-state index < -0.39 is 0 Å². The lowest BCUT2D eigenvalue weighted by molar-refractivity contribution is 0.199. The van der Waals surface area contributed by atoms with Crippen molar-refractivity contribution in [3.05, 3.63) is 65.0 Å².